The van der Waals surface area contributed by atoms with E-state index in [-0.39, 0.29) is 82.6 Å². The first-order chi connectivity index (χ1) is 48.3. The summed E-state index contributed by atoms with van der Waals surface area (Å²) in [5.74, 6) is 10.5. The number of hydrogen-bond acceptors (Lipinski definition) is 30. The Bertz CT molecular complexity index is 3770. The van der Waals surface area contributed by atoms with Gasteiger partial charge in [0.1, 0.15) is 48.8 Å². The number of halogens is 1. The zero-order valence-corrected chi connectivity index (χ0v) is 62.3. The SMILES string of the molecule is CCN[C@H]1CO[C@@H](O[C@H]2[C@H](O[C@H]3C#C/C=C\C#C[C@]4(O)CC(=O)C(CC(=O)OC)=C3/C4=C\CSS[C@H](C)COC(=O)Nc3ccc4c(C)cc(=O)oc4c3)O[C@H](C)[C@@H](NO[C@H]3C[C@H](O)[C@H](SC(=O)c4c(C)c(I)c(O[C@@H]5O[C@@H](C)[C@H](O)[C@@H](OC)[C@H]5O)c(OC)c4OC)[C@@H](C)O3)[C@@H]2O)C[C@@H]1OC. The van der Waals surface area contributed by atoms with Gasteiger partial charge < -0.3 is 96.8 Å². The predicted molar refractivity (Wildman–Crippen MR) is 379 cm³/mol. The molecule has 4 fully saturated rings. The third kappa shape index (κ3) is 18.8. The van der Waals surface area contributed by atoms with Crippen LogP contribution in [0.15, 0.2) is 68.4 Å². The largest absolute Gasteiger partial charge is 0.492 e. The summed E-state index contributed by atoms with van der Waals surface area (Å²) in [6.45, 7) is 12.9. The van der Waals surface area contributed by atoms with E-state index in [2.05, 4.69) is 39.8 Å². The fourth-order valence-electron chi connectivity index (χ4n) is 12.5. The topological polar surface area (TPSA) is 365 Å². The van der Waals surface area contributed by atoms with E-state index in [4.69, 9.17) is 70.8 Å². The molecule has 4 saturated heterocycles. The molecule has 0 unspecified atom stereocenters. The number of ether oxygens (including phenoxy) is 13. The standard InChI is InChI=1S/C69H86IN3O25S3/c1-13-71-42-31-89-50(28-47(42)84-8)96-62-57(79)55(73-98-51-27-43(74)64(37(7)91-51)100-65(81)52-34(4)54(70)60(63(88-12)59(52)86-10)97-66-58(80)61(87-11)56(78)36(6)93-66)35(5)92-67(62)95-45-18-16-14-15-17-22-69(83)29-44(75)40(26-48(76)85-9)53(45)41(69)21-23-99-101-33(3)30-90-68(82)72-38-19-20-39-32(2)24-49(77)94-46(39)25-38/h14-15,19-21,24-25,33,35-37,42-43,45,47,50-51,55-58,61-62,64,66-67,71,73-74,78-80,83H,13,23,26-31H2,1-12H3,(H,72,82)/b15-14-,41-21+/t33-,35-,36+,37-,42+,43+,45+,47+,50+,51+,55-,56+,57+,58-,61-,62-,64-,66+,67+,69+/m1/s1. The summed E-state index contributed by atoms with van der Waals surface area (Å²) >= 11 is 2.80. The van der Waals surface area contributed by atoms with Gasteiger partial charge in [0.15, 0.2) is 41.8 Å². The Morgan fingerprint density at radius 1 is 0.861 bits per heavy atom. The number of allylic oxidation sites excluding steroid dienone is 2. The normalized spacial score (nSPS) is 32.1. The molecule has 9 rings (SSSR count). The van der Waals surface area contributed by atoms with E-state index in [0.717, 1.165) is 17.3 Å². The number of anilines is 1. The number of carbonyl (C=O) groups excluding carboxylic acids is 4. The lowest BCUT2D eigenvalue weighted by atomic mass is 9.72. The van der Waals surface area contributed by atoms with Gasteiger partial charge in [-0.25, -0.2) is 9.59 Å². The van der Waals surface area contributed by atoms with Gasteiger partial charge in [-0.15, -0.1) is 0 Å². The lowest BCUT2D eigenvalue weighted by molar-refractivity contribution is -0.336. The minimum Gasteiger partial charge on any atom is -0.492 e. The number of amides is 1. The lowest BCUT2D eigenvalue weighted by Crippen LogP contribution is -2.65. The number of Topliss-reactive ketones (excluding diaryl/α,β-unsaturated/α-hetero) is 1. The summed E-state index contributed by atoms with van der Waals surface area (Å²) in [7, 11) is 9.47. The highest BCUT2D eigenvalue weighted by molar-refractivity contribution is 14.1. The molecule has 2 aliphatic carbocycles. The van der Waals surface area contributed by atoms with Crippen LogP contribution in [0.1, 0.15) is 81.8 Å². The van der Waals surface area contributed by atoms with Gasteiger partial charge in [-0.3, -0.25) is 24.5 Å². The van der Waals surface area contributed by atoms with Gasteiger partial charge in [0.2, 0.25) is 17.2 Å². The van der Waals surface area contributed by atoms with Gasteiger partial charge in [-0.05, 0) is 106 Å². The van der Waals surface area contributed by atoms with Gasteiger partial charge in [0, 0.05) is 78.0 Å². The first kappa shape index (κ1) is 79.7. The Morgan fingerprint density at radius 2 is 1.60 bits per heavy atom. The Labute approximate surface area is 610 Å². The fraction of sp³-hybridized carbons (Fsp3) is 0.580. The minimum absolute atomic E-state index is 0.000271. The maximum atomic E-state index is 14.5. The van der Waals surface area contributed by atoms with E-state index < -0.39 is 151 Å². The minimum atomic E-state index is -2.16. The molecule has 101 heavy (non-hydrogen) atoms. The van der Waals surface area contributed by atoms with Gasteiger partial charge >= 0.3 is 17.7 Å². The average Bonchev–Trinajstić information content (AvgIpc) is 0.756. The number of benzene rings is 2. The number of methoxy groups -OCH3 is 5. The van der Waals surface area contributed by atoms with Crippen molar-refractivity contribution in [3.05, 3.63) is 89.9 Å². The van der Waals surface area contributed by atoms with Crippen molar-refractivity contribution in [1.29, 1.82) is 0 Å². The van der Waals surface area contributed by atoms with E-state index in [1.807, 2.05) is 36.4 Å². The molecule has 0 saturated carbocycles. The number of fused-ring (bicyclic) bond motifs is 3. The van der Waals surface area contributed by atoms with Gasteiger partial charge in [0.05, 0.1) is 97.8 Å². The van der Waals surface area contributed by atoms with Crippen LogP contribution in [0, 0.1) is 41.1 Å². The highest BCUT2D eigenvalue weighted by Crippen LogP contribution is 2.49. The molecule has 0 spiro atoms. The number of nitrogens with one attached hydrogen (secondary N) is 3. The number of thioether (sulfide) groups is 1. The number of carbonyl (C=O) groups is 4. The van der Waals surface area contributed by atoms with E-state index in [1.54, 1.807) is 59.9 Å². The number of likely N-dealkylation sites (N-methyl/N-ethyl adjacent to an activating group) is 1. The lowest BCUT2D eigenvalue weighted by Gasteiger charge is -2.46. The number of aliphatic hydroxyl groups excluding tert-OH is 4. The van der Waals surface area contributed by atoms with Gasteiger partial charge in [-0.2, -0.15) is 5.48 Å². The molecule has 2 bridgehead atoms. The molecule has 552 valence electrons. The van der Waals surface area contributed by atoms with Crippen LogP contribution in [0.4, 0.5) is 10.5 Å². The van der Waals surface area contributed by atoms with Crippen molar-refractivity contribution in [1.82, 2.24) is 10.8 Å². The third-order valence-electron chi connectivity index (χ3n) is 17.8. The molecule has 5 heterocycles. The fourth-order valence-corrected chi connectivity index (χ4v) is 16.3. The molecule has 8 N–H and O–H groups in total. The molecule has 6 aliphatic rings. The second-order valence-corrected chi connectivity index (χ2v) is 29.7. The average molecular weight is 1580 g/mol. The molecule has 1 aromatic heterocycles. The number of ketones is 1. The number of hydroxylamine groups is 1. The van der Waals surface area contributed by atoms with E-state index >= 15 is 0 Å². The van der Waals surface area contributed by atoms with Crippen LogP contribution >= 0.6 is 55.9 Å². The highest BCUT2D eigenvalue weighted by Gasteiger charge is 2.52. The summed E-state index contributed by atoms with van der Waals surface area (Å²) in [6, 6.07) is 4.95. The van der Waals surface area contributed by atoms with Crippen LogP contribution in [0.3, 0.4) is 0 Å². The summed E-state index contributed by atoms with van der Waals surface area (Å²) in [6.07, 6.45) is -14.8. The Balaban J connectivity index is 0.920. The molecule has 20 atom stereocenters. The quantitative estimate of drug-likeness (QED) is 0.00971. The van der Waals surface area contributed by atoms with Crippen LogP contribution < -0.4 is 35.9 Å². The summed E-state index contributed by atoms with van der Waals surface area (Å²) in [4.78, 5) is 73.4. The van der Waals surface area contributed by atoms with E-state index in [0.29, 0.717) is 32.3 Å². The molecular formula is C69H86IN3O25S3. The highest BCUT2D eigenvalue weighted by atomic mass is 127. The van der Waals surface area contributed by atoms with Crippen molar-refractivity contribution in [3.63, 3.8) is 0 Å². The first-order valence-corrected chi connectivity index (χ1v) is 37.0. The molecular weight excluding hydrogens is 1490 g/mol. The second kappa shape index (κ2) is 36.1. The number of esters is 1. The number of aryl methyl sites for hydroxylation is 1. The Morgan fingerprint density at radius 3 is 2.31 bits per heavy atom. The summed E-state index contributed by atoms with van der Waals surface area (Å²) in [5.41, 5.74) is 2.16. The number of rotatable bonds is 26. The molecule has 32 heteroatoms. The smallest absolute Gasteiger partial charge is 0.411 e. The molecule has 1 amide bonds. The van der Waals surface area contributed by atoms with Crippen molar-refractivity contribution >= 4 is 95.6 Å². The molecule has 28 nitrogen and oxygen atoms in total. The van der Waals surface area contributed by atoms with Crippen LogP contribution in [-0.4, -0.2) is 230 Å². The molecule has 2 aromatic carbocycles. The van der Waals surface area contributed by atoms with Crippen molar-refractivity contribution in [2.75, 3.05) is 66.4 Å². The second-order valence-electron chi connectivity index (χ2n) is 24.7. The maximum absolute atomic E-state index is 14.5. The van der Waals surface area contributed by atoms with Crippen LogP contribution in [0.5, 0.6) is 17.2 Å². The van der Waals surface area contributed by atoms with E-state index in [1.165, 1.54) is 74.3 Å². The van der Waals surface area contributed by atoms with Crippen molar-refractivity contribution in [3.8, 4) is 40.9 Å². The van der Waals surface area contributed by atoms with Crippen molar-refractivity contribution in [2.45, 2.75) is 195 Å². The first-order valence-electron chi connectivity index (χ1n) is 32.6. The van der Waals surface area contributed by atoms with Crippen LogP contribution in [0.25, 0.3) is 11.0 Å². The van der Waals surface area contributed by atoms with Crippen LogP contribution in [-0.2, 0) is 61.8 Å². The molecule has 0 radical (unpaired) electrons. The number of aliphatic hydroxyl groups is 5. The zero-order chi connectivity index (χ0) is 73.1. The summed E-state index contributed by atoms with van der Waals surface area (Å²) < 4.78 is 84.0. The molecule has 4 aliphatic heterocycles. The zero-order valence-electron chi connectivity index (χ0n) is 57.7. The maximum Gasteiger partial charge on any atom is 0.411 e. The predicted octanol–water partition coefficient (Wildman–Crippen LogP) is 5.22. The molecule has 3 aromatic rings. The Hall–Kier alpha value is -5.39. The monoisotopic (exact) mass is 1580 g/mol. The van der Waals surface area contributed by atoms with Gasteiger partial charge in [0.25, 0.3) is 0 Å². The third-order valence-corrected chi connectivity index (χ3v) is 23.2. The van der Waals surface area contributed by atoms with E-state index in [9.17, 15) is 49.5 Å². The van der Waals surface area contributed by atoms with Crippen molar-refractivity contribution < 1.29 is 116 Å². The van der Waals surface area contributed by atoms with Gasteiger partial charge in [-0.1, -0.05) is 70.0 Å². The van der Waals surface area contributed by atoms with Crippen LogP contribution in [0.2, 0.25) is 0 Å². The summed E-state index contributed by atoms with van der Waals surface area (Å²) in [5, 5.41) is 63.9. The Kier molecular flexibility index (Phi) is 28.5. The van der Waals surface area contributed by atoms with Crippen molar-refractivity contribution in [2.24, 2.45) is 0 Å². The number of hydrogen-bond donors (Lipinski definition) is 8.